The molecular formula is C21H29BrF2N2O3Si. The maximum absolute atomic E-state index is 13.6. The molecule has 0 aliphatic carbocycles. The topological polar surface area (TPSA) is 53.4 Å². The van der Waals surface area contributed by atoms with Crippen LogP contribution in [0.15, 0.2) is 33.7 Å². The number of hydrogen-bond acceptors (Lipinski definition) is 4. The highest BCUT2D eigenvalue weighted by Crippen LogP contribution is 2.38. The van der Waals surface area contributed by atoms with Crippen LogP contribution in [0, 0.1) is 17.6 Å². The Labute approximate surface area is 185 Å². The molecule has 1 aromatic heterocycles. The van der Waals surface area contributed by atoms with Crippen molar-refractivity contribution in [1.82, 2.24) is 9.78 Å². The summed E-state index contributed by atoms with van der Waals surface area (Å²) in [4.78, 5) is 12.9. The summed E-state index contributed by atoms with van der Waals surface area (Å²) in [6.45, 7) is 15.1. The summed E-state index contributed by atoms with van der Waals surface area (Å²) in [6.07, 6.45) is 1.18. The fourth-order valence-corrected chi connectivity index (χ4v) is 4.26. The molecule has 1 atom stereocenters. The van der Waals surface area contributed by atoms with E-state index in [2.05, 4.69) is 54.9 Å². The molecule has 0 aliphatic heterocycles. The highest BCUT2D eigenvalue weighted by molar-refractivity contribution is 9.10. The minimum atomic E-state index is -2.04. The quantitative estimate of drug-likeness (QED) is 0.455. The normalized spacial score (nSPS) is 13.6. The van der Waals surface area contributed by atoms with Crippen LogP contribution in [0.5, 0.6) is 5.75 Å². The largest absolute Gasteiger partial charge is 0.484 e. The zero-order valence-corrected chi connectivity index (χ0v) is 21.0. The Balaban J connectivity index is 2.31. The van der Waals surface area contributed by atoms with E-state index in [4.69, 9.17) is 9.16 Å². The lowest BCUT2D eigenvalue weighted by Crippen LogP contribution is -2.47. The number of aromatic nitrogens is 2. The molecule has 9 heteroatoms. The molecule has 0 unspecified atom stereocenters. The number of nitrogens with zero attached hydrogens (tertiary/aromatic N) is 2. The van der Waals surface area contributed by atoms with E-state index in [1.165, 1.54) is 12.3 Å². The second-order valence-corrected chi connectivity index (χ2v) is 14.7. The van der Waals surface area contributed by atoms with Crippen molar-refractivity contribution in [3.05, 3.63) is 50.9 Å². The molecule has 0 saturated carbocycles. The third-order valence-electron chi connectivity index (χ3n) is 5.43. The maximum atomic E-state index is 13.6. The Morgan fingerprint density at radius 2 is 1.83 bits per heavy atom. The lowest BCUT2D eigenvalue weighted by molar-refractivity contribution is 0.0774. The molecule has 0 aliphatic rings. The second-order valence-electron chi connectivity index (χ2n) is 9.11. The molecule has 0 N–H and O–H groups in total. The predicted molar refractivity (Wildman–Crippen MR) is 120 cm³/mol. The van der Waals surface area contributed by atoms with Crippen LogP contribution in [0.3, 0.4) is 0 Å². The van der Waals surface area contributed by atoms with Crippen LogP contribution in [0.25, 0.3) is 5.69 Å². The molecule has 0 spiro atoms. The molecule has 1 aromatic carbocycles. The van der Waals surface area contributed by atoms with Crippen molar-refractivity contribution < 1.29 is 17.9 Å². The molecule has 0 saturated heterocycles. The van der Waals surface area contributed by atoms with E-state index in [-0.39, 0.29) is 35.1 Å². The van der Waals surface area contributed by atoms with Gasteiger partial charge in [-0.25, -0.2) is 8.78 Å². The minimum absolute atomic E-state index is 0.0385. The fraction of sp³-hybridized carbons (Fsp3) is 0.524. The van der Waals surface area contributed by atoms with Gasteiger partial charge in [0.1, 0.15) is 6.61 Å². The van der Waals surface area contributed by atoms with Gasteiger partial charge in [0, 0.05) is 6.07 Å². The third kappa shape index (κ3) is 5.56. The molecule has 1 heterocycles. The average molecular weight is 503 g/mol. The summed E-state index contributed by atoms with van der Waals surface area (Å²) in [7, 11) is -2.04. The van der Waals surface area contributed by atoms with Crippen LogP contribution in [-0.2, 0) is 4.43 Å². The highest BCUT2D eigenvalue weighted by Gasteiger charge is 2.40. The van der Waals surface area contributed by atoms with Crippen molar-refractivity contribution in [2.24, 2.45) is 5.92 Å². The monoisotopic (exact) mass is 502 g/mol. The maximum Gasteiger partial charge on any atom is 0.314 e. The summed E-state index contributed by atoms with van der Waals surface area (Å²) in [5.74, 6) is -1.84. The van der Waals surface area contributed by atoms with Gasteiger partial charge in [0.05, 0.1) is 22.5 Å². The highest BCUT2D eigenvalue weighted by atomic mass is 79.9. The zero-order chi connectivity index (χ0) is 22.9. The Kier molecular flexibility index (Phi) is 7.63. The van der Waals surface area contributed by atoms with Crippen molar-refractivity contribution in [2.75, 3.05) is 6.61 Å². The fourth-order valence-electron chi connectivity index (χ4n) is 2.43. The SMILES string of the molecule is CC(C)[C@@H](COc1c(Br)cnn(-c2ccc(F)c(F)c2)c1=O)O[Si](C)(C)C(C)(C)C. The van der Waals surface area contributed by atoms with Gasteiger partial charge >= 0.3 is 5.56 Å². The van der Waals surface area contributed by atoms with Gasteiger partial charge < -0.3 is 9.16 Å². The first kappa shape index (κ1) is 24.7. The Bertz CT molecular complexity index is 958. The molecule has 30 heavy (non-hydrogen) atoms. The van der Waals surface area contributed by atoms with Crippen molar-refractivity contribution in [2.45, 2.75) is 58.9 Å². The first-order valence-corrected chi connectivity index (χ1v) is 13.5. The molecule has 0 amide bonds. The smallest absolute Gasteiger partial charge is 0.314 e. The Morgan fingerprint density at radius 3 is 2.37 bits per heavy atom. The van der Waals surface area contributed by atoms with Crippen molar-refractivity contribution in [3.8, 4) is 11.4 Å². The van der Waals surface area contributed by atoms with E-state index in [1.54, 1.807) is 0 Å². The van der Waals surface area contributed by atoms with Gasteiger partial charge in [-0.1, -0.05) is 34.6 Å². The van der Waals surface area contributed by atoms with E-state index in [1.807, 2.05) is 13.8 Å². The second kappa shape index (κ2) is 9.28. The number of rotatable bonds is 7. The lowest BCUT2D eigenvalue weighted by atomic mass is 10.1. The van der Waals surface area contributed by atoms with Crippen LogP contribution in [0.1, 0.15) is 34.6 Å². The van der Waals surface area contributed by atoms with Gasteiger partial charge in [-0.2, -0.15) is 9.78 Å². The van der Waals surface area contributed by atoms with Gasteiger partial charge in [0.2, 0.25) is 5.75 Å². The van der Waals surface area contributed by atoms with Crippen LogP contribution in [0.4, 0.5) is 8.78 Å². The Morgan fingerprint density at radius 1 is 1.20 bits per heavy atom. The Hall–Kier alpha value is -1.58. The van der Waals surface area contributed by atoms with Gasteiger partial charge in [-0.05, 0) is 52.1 Å². The molecule has 5 nitrogen and oxygen atoms in total. The third-order valence-corrected chi connectivity index (χ3v) is 10.5. The average Bonchev–Trinajstić information content (AvgIpc) is 2.62. The van der Waals surface area contributed by atoms with E-state index in [0.29, 0.717) is 4.47 Å². The standard InChI is InChI=1S/C21H29BrF2N2O3Si/c1-13(2)18(29-30(6,7)21(3,4)5)12-28-19-15(22)11-25-26(20(19)27)14-8-9-16(23)17(24)10-14/h8-11,13,18H,12H2,1-7H3/t18-/m1/s1. The molecule has 2 rings (SSSR count). The van der Waals surface area contributed by atoms with Gasteiger partial charge in [-0.15, -0.1) is 0 Å². The summed E-state index contributed by atoms with van der Waals surface area (Å²) in [6, 6.07) is 3.14. The van der Waals surface area contributed by atoms with E-state index >= 15 is 0 Å². The summed E-state index contributed by atoms with van der Waals surface area (Å²) < 4.78 is 40.6. The molecule has 0 fully saturated rings. The minimum Gasteiger partial charge on any atom is -0.484 e. The van der Waals surface area contributed by atoms with Crippen LogP contribution >= 0.6 is 15.9 Å². The molecule has 0 bridgehead atoms. The van der Waals surface area contributed by atoms with Gasteiger partial charge in [-0.3, -0.25) is 4.79 Å². The summed E-state index contributed by atoms with van der Waals surface area (Å²) >= 11 is 3.29. The number of hydrogen-bond donors (Lipinski definition) is 0. The molecular weight excluding hydrogens is 474 g/mol. The van der Waals surface area contributed by atoms with Crippen LogP contribution in [0.2, 0.25) is 18.1 Å². The van der Waals surface area contributed by atoms with E-state index < -0.39 is 25.5 Å². The van der Waals surface area contributed by atoms with Crippen LogP contribution in [-0.4, -0.2) is 30.8 Å². The lowest BCUT2D eigenvalue weighted by Gasteiger charge is -2.40. The number of ether oxygens (including phenoxy) is 1. The van der Waals surface area contributed by atoms with Gasteiger partial charge in [0.15, 0.2) is 20.0 Å². The number of benzene rings is 1. The van der Waals surface area contributed by atoms with E-state index in [9.17, 15) is 13.6 Å². The van der Waals surface area contributed by atoms with Crippen molar-refractivity contribution in [1.29, 1.82) is 0 Å². The first-order chi connectivity index (χ1) is 13.7. The summed E-state index contributed by atoms with van der Waals surface area (Å²) in [5, 5.41) is 4.04. The molecule has 166 valence electrons. The zero-order valence-electron chi connectivity index (χ0n) is 18.4. The van der Waals surface area contributed by atoms with Crippen LogP contribution < -0.4 is 10.3 Å². The predicted octanol–water partition coefficient (Wildman–Crippen LogP) is 5.70. The van der Waals surface area contributed by atoms with Crippen molar-refractivity contribution in [3.63, 3.8) is 0 Å². The summed E-state index contributed by atoms with van der Waals surface area (Å²) in [5.41, 5.74) is -0.473. The molecule has 2 aromatic rings. The van der Waals surface area contributed by atoms with Crippen molar-refractivity contribution >= 4 is 24.2 Å². The number of halogens is 3. The molecule has 0 radical (unpaired) electrons. The first-order valence-electron chi connectivity index (χ1n) is 9.78. The van der Waals surface area contributed by atoms with Gasteiger partial charge in [0.25, 0.3) is 0 Å². The van der Waals surface area contributed by atoms with E-state index in [0.717, 1.165) is 16.8 Å².